The van der Waals surface area contributed by atoms with E-state index in [0.29, 0.717) is 0 Å². The number of hydrogen-bond donors (Lipinski definition) is 2. The van der Waals surface area contributed by atoms with E-state index in [1.54, 1.807) is 11.3 Å². The monoisotopic (exact) mass is 246 g/mol. The molecular formula is C14H14O2S. The van der Waals surface area contributed by atoms with Crippen LogP contribution in [0.25, 0.3) is 0 Å². The van der Waals surface area contributed by atoms with Crippen molar-refractivity contribution in [1.82, 2.24) is 0 Å². The van der Waals surface area contributed by atoms with Gasteiger partial charge in [0, 0.05) is 0 Å². The summed E-state index contributed by atoms with van der Waals surface area (Å²) in [5.41, 5.74) is 0. The molecule has 3 heteroatoms. The summed E-state index contributed by atoms with van der Waals surface area (Å²) in [6.45, 7) is 0. The molecule has 0 aliphatic heterocycles. The minimum atomic E-state index is 0.169. The second kappa shape index (κ2) is 8.19. The van der Waals surface area contributed by atoms with Gasteiger partial charge in [-0.1, -0.05) is 36.4 Å². The summed E-state index contributed by atoms with van der Waals surface area (Å²) in [5.74, 6) is 0.339. The number of phenolic OH excluding ortho intramolecular Hbond substituents is 2. The van der Waals surface area contributed by atoms with Crippen LogP contribution in [0, 0.1) is 0 Å². The zero-order valence-corrected chi connectivity index (χ0v) is 10.0. The van der Waals surface area contributed by atoms with Crippen molar-refractivity contribution < 1.29 is 10.2 Å². The number of phenols is 2. The molecule has 2 nitrogen and oxygen atoms in total. The summed E-state index contributed by atoms with van der Waals surface area (Å²) in [7, 11) is 0. The van der Waals surface area contributed by atoms with E-state index in [1.807, 2.05) is 47.2 Å². The lowest BCUT2D eigenvalue weighted by molar-refractivity contribution is 0.460. The van der Waals surface area contributed by atoms with Gasteiger partial charge < -0.3 is 10.2 Å². The predicted octanol–water partition coefficient (Wildman–Crippen LogP) is 3.97. The highest BCUT2D eigenvalue weighted by atomic mass is 32.1. The van der Waals surface area contributed by atoms with Gasteiger partial charge in [-0.05, 0) is 35.0 Å². The van der Waals surface area contributed by atoms with Gasteiger partial charge in [-0.2, -0.15) is 11.3 Å². The Morgan fingerprint density at radius 2 is 0.941 bits per heavy atom. The molecule has 2 aromatic rings. The van der Waals surface area contributed by atoms with Crippen LogP contribution in [0.4, 0.5) is 0 Å². The lowest BCUT2D eigenvalue weighted by Gasteiger charge is -1.88. The van der Waals surface area contributed by atoms with Gasteiger partial charge in [0.2, 0.25) is 0 Å². The first-order valence-corrected chi connectivity index (χ1v) is 6.02. The van der Waals surface area contributed by atoms with E-state index >= 15 is 0 Å². The number of benzene rings is 1. The molecule has 0 saturated heterocycles. The highest BCUT2D eigenvalue weighted by Crippen LogP contribution is 2.13. The smallest absolute Gasteiger partial charge is 0.115 e. The summed E-state index contributed by atoms with van der Waals surface area (Å²) in [5, 5.41) is 21.4. The number of hydrogen-bond acceptors (Lipinski definition) is 3. The average molecular weight is 246 g/mol. The molecule has 0 saturated carbocycles. The van der Waals surface area contributed by atoms with Crippen LogP contribution >= 0.6 is 11.3 Å². The van der Waals surface area contributed by atoms with Gasteiger partial charge >= 0.3 is 0 Å². The lowest BCUT2D eigenvalue weighted by atomic mass is 10.3. The van der Waals surface area contributed by atoms with Crippen molar-refractivity contribution in [2.75, 3.05) is 0 Å². The third-order valence-corrected chi connectivity index (χ3v) is 2.35. The maximum Gasteiger partial charge on any atom is 0.115 e. The van der Waals surface area contributed by atoms with Crippen LogP contribution in [-0.2, 0) is 0 Å². The molecule has 0 aliphatic carbocycles. The zero-order valence-electron chi connectivity index (χ0n) is 9.23. The van der Waals surface area contributed by atoms with Crippen molar-refractivity contribution in [3.05, 3.63) is 71.4 Å². The van der Waals surface area contributed by atoms with Crippen molar-refractivity contribution in [2.24, 2.45) is 0 Å². The molecule has 0 unspecified atom stereocenters. The molecular weight excluding hydrogens is 232 g/mol. The Labute approximate surface area is 105 Å². The van der Waals surface area contributed by atoms with Crippen molar-refractivity contribution in [3.8, 4) is 11.5 Å². The molecule has 1 aromatic heterocycles. The fraction of sp³-hybridized carbons (Fsp3) is 0. The molecule has 2 rings (SSSR count). The Bertz CT molecular complexity index is 365. The highest BCUT2D eigenvalue weighted by molar-refractivity contribution is 7.07. The second-order valence-electron chi connectivity index (χ2n) is 3.08. The van der Waals surface area contributed by atoms with E-state index in [2.05, 4.69) is 0 Å². The minimum Gasteiger partial charge on any atom is -0.508 e. The van der Waals surface area contributed by atoms with Crippen LogP contribution in [0.2, 0.25) is 0 Å². The molecule has 17 heavy (non-hydrogen) atoms. The van der Waals surface area contributed by atoms with Crippen LogP contribution in [0.3, 0.4) is 0 Å². The molecule has 2 N–H and O–H groups in total. The van der Waals surface area contributed by atoms with E-state index in [-0.39, 0.29) is 11.5 Å². The van der Waals surface area contributed by atoms with Crippen LogP contribution in [0.1, 0.15) is 0 Å². The number of aromatic hydroxyl groups is 2. The predicted molar refractivity (Wildman–Crippen MR) is 71.7 cm³/mol. The van der Waals surface area contributed by atoms with Crippen molar-refractivity contribution in [2.45, 2.75) is 0 Å². The molecule has 0 radical (unpaired) electrons. The van der Waals surface area contributed by atoms with Crippen molar-refractivity contribution in [1.29, 1.82) is 0 Å². The first-order chi connectivity index (χ1) is 8.29. The first-order valence-electron chi connectivity index (χ1n) is 5.07. The zero-order chi connectivity index (χ0) is 12.3. The van der Waals surface area contributed by atoms with E-state index in [0.717, 1.165) is 0 Å². The van der Waals surface area contributed by atoms with Crippen molar-refractivity contribution in [3.63, 3.8) is 0 Å². The summed E-state index contributed by atoms with van der Waals surface area (Å²) in [4.78, 5) is 0. The maximum absolute atomic E-state index is 8.65. The van der Waals surface area contributed by atoms with Crippen molar-refractivity contribution >= 4 is 11.3 Å². The molecule has 0 spiro atoms. The summed E-state index contributed by atoms with van der Waals surface area (Å²) < 4.78 is 0. The van der Waals surface area contributed by atoms with Gasteiger partial charge in [0.25, 0.3) is 0 Å². The second-order valence-corrected chi connectivity index (χ2v) is 3.90. The van der Waals surface area contributed by atoms with Gasteiger partial charge in [-0.15, -0.1) is 0 Å². The fourth-order valence-corrected chi connectivity index (χ4v) is 1.39. The molecule has 88 valence electrons. The average Bonchev–Trinajstić information content (AvgIpc) is 2.49. The molecule has 0 amide bonds. The van der Waals surface area contributed by atoms with Crippen LogP contribution < -0.4 is 0 Å². The summed E-state index contributed by atoms with van der Waals surface area (Å²) >= 11 is 1.68. The largest absolute Gasteiger partial charge is 0.508 e. The number of rotatable bonds is 0. The van der Waals surface area contributed by atoms with Crippen LogP contribution in [0.5, 0.6) is 11.5 Å². The van der Waals surface area contributed by atoms with Gasteiger partial charge in [-0.25, -0.2) is 0 Å². The Kier molecular flexibility index (Phi) is 6.29. The van der Waals surface area contributed by atoms with Gasteiger partial charge in [0.15, 0.2) is 0 Å². The molecule has 0 aliphatic rings. The lowest BCUT2D eigenvalue weighted by Crippen LogP contribution is -1.61. The van der Waals surface area contributed by atoms with Gasteiger partial charge in [0.05, 0.1) is 0 Å². The van der Waals surface area contributed by atoms with Gasteiger partial charge in [-0.3, -0.25) is 0 Å². The van der Waals surface area contributed by atoms with Gasteiger partial charge in [0.1, 0.15) is 11.5 Å². The molecule has 0 bridgehead atoms. The van der Waals surface area contributed by atoms with E-state index < -0.39 is 0 Å². The highest BCUT2D eigenvalue weighted by Gasteiger charge is 1.84. The normalized spacial score (nSPS) is 8.47. The SMILES string of the molecule is Oc1ccc(O)cc1.c1ccccsccc1. The fourth-order valence-electron chi connectivity index (χ4n) is 0.936. The Balaban J connectivity index is 0.000000171. The maximum atomic E-state index is 8.65. The third kappa shape index (κ3) is 6.98. The van der Waals surface area contributed by atoms with E-state index in [4.69, 9.17) is 10.2 Å². The minimum absolute atomic E-state index is 0.169. The molecule has 1 aromatic carbocycles. The third-order valence-electron chi connectivity index (χ3n) is 1.72. The first kappa shape index (κ1) is 13.1. The molecule has 0 atom stereocenters. The Hall–Kier alpha value is -2.00. The quantitative estimate of drug-likeness (QED) is 0.690. The molecule has 0 fully saturated rings. The van der Waals surface area contributed by atoms with E-state index in [1.165, 1.54) is 24.3 Å². The Morgan fingerprint density at radius 1 is 0.588 bits per heavy atom. The summed E-state index contributed by atoms with van der Waals surface area (Å²) in [6, 6.07) is 17.8. The van der Waals surface area contributed by atoms with E-state index in [9.17, 15) is 0 Å². The summed E-state index contributed by atoms with van der Waals surface area (Å²) in [6.07, 6.45) is 0. The standard InChI is InChI=1S/C8H8S.C6H6O2/c1-2-4-6-8-9-7-5-3-1;7-5-1-2-6(8)4-3-5/h1-8H;1-4,7-8H. The topological polar surface area (TPSA) is 40.5 Å². The van der Waals surface area contributed by atoms with Crippen LogP contribution in [-0.4, -0.2) is 10.2 Å². The Morgan fingerprint density at radius 3 is 1.35 bits per heavy atom. The van der Waals surface area contributed by atoms with Crippen LogP contribution in [0.15, 0.2) is 71.4 Å². The molecule has 1 heterocycles.